The van der Waals surface area contributed by atoms with Gasteiger partial charge in [-0.1, -0.05) is 0 Å². The smallest absolute Gasteiger partial charge is 0.309 e. The highest BCUT2D eigenvalue weighted by molar-refractivity contribution is 9.10. The van der Waals surface area contributed by atoms with E-state index in [4.69, 9.17) is 5.11 Å². The molecule has 0 amide bonds. The van der Waals surface area contributed by atoms with Gasteiger partial charge in [0.2, 0.25) is 0 Å². The molecule has 1 heterocycles. The summed E-state index contributed by atoms with van der Waals surface area (Å²) in [6.45, 7) is 0. The van der Waals surface area contributed by atoms with Gasteiger partial charge in [0.25, 0.3) is 12.1 Å². The summed E-state index contributed by atoms with van der Waals surface area (Å²) < 4.78 is 25.2. The number of hydrogen-bond acceptors (Lipinski definition) is 4. The van der Waals surface area contributed by atoms with E-state index in [1.807, 2.05) is 0 Å². The number of aromatic nitrogens is 1. The number of aliphatic carboxylic acids is 1. The molecule has 0 bridgehead atoms. The third-order valence-electron chi connectivity index (χ3n) is 1.85. The van der Waals surface area contributed by atoms with E-state index in [2.05, 4.69) is 20.9 Å². The van der Waals surface area contributed by atoms with Crippen LogP contribution in [0, 0.1) is 10.1 Å². The van der Waals surface area contributed by atoms with Crippen LogP contribution >= 0.6 is 15.9 Å². The number of nitrogens with zero attached hydrogens (tertiary/aromatic N) is 2. The molecule has 0 aromatic carbocycles. The number of halogens is 3. The van der Waals surface area contributed by atoms with Crippen molar-refractivity contribution in [3.8, 4) is 0 Å². The zero-order valence-corrected chi connectivity index (χ0v) is 9.65. The van der Waals surface area contributed by atoms with Crippen LogP contribution in [0.25, 0.3) is 0 Å². The Balaban J connectivity index is 3.47. The highest BCUT2D eigenvalue weighted by atomic mass is 79.9. The molecule has 0 aliphatic heterocycles. The number of hydrogen-bond donors (Lipinski definition) is 1. The van der Waals surface area contributed by atoms with E-state index in [9.17, 15) is 23.7 Å². The number of nitro groups is 1. The second-order valence-corrected chi connectivity index (χ2v) is 3.80. The van der Waals surface area contributed by atoms with Gasteiger partial charge >= 0.3 is 5.97 Å². The summed E-state index contributed by atoms with van der Waals surface area (Å²) in [5.74, 6) is -1.39. The van der Waals surface area contributed by atoms with Crippen LogP contribution in [0.15, 0.2) is 10.7 Å². The predicted octanol–water partition coefficient (Wildman–Crippen LogP) is 2.32. The molecule has 92 valence electrons. The van der Waals surface area contributed by atoms with Gasteiger partial charge in [0, 0.05) is 6.20 Å². The first-order valence-corrected chi connectivity index (χ1v) is 4.95. The monoisotopic (exact) mass is 310 g/mol. The van der Waals surface area contributed by atoms with E-state index in [1.54, 1.807) is 0 Å². The molecule has 0 atom stereocenters. The first-order valence-electron chi connectivity index (χ1n) is 4.16. The van der Waals surface area contributed by atoms with Crippen molar-refractivity contribution in [3.63, 3.8) is 0 Å². The van der Waals surface area contributed by atoms with Gasteiger partial charge in [-0.2, -0.15) is 0 Å². The minimum absolute atomic E-state index is 0.216. The molecule has 0 aliphatic carbocycles. The second kappa shape index (κ2) is 5.13. The van der Waals surface area contributed by atoms with Gasteiger partial charge in [-0.25, -0.2) is 8.78 Å². The molecule has 1 rings (SSSR count). The van der Waals surface area contributed by atoms with E-state index in [0.29, 0.717) is 0 Å². The van der Waals surface area contributed by atoms with Crippen LogP contribution in [0.2, 0.25) is 0 Å². The van der Waals surface area contributed by atoms with Crippen LogP contribution in [0.5, 0.6) is 0 Å². The van der Waals surface area contributed by atoms with Gasteiger partial charge in [-0.15, -0.1) is 0 Å². The molecule has 6 nitrogen and oxygen atoms in total. The molecule has 0 aliphatic rings. The van der Waals surface area contributed by atoms with Crippen LogP contribution in [-0.2, 0) is 11.2 Å². The Morgan fingerprint density at radius 2 is 2.24 bits per heavy atom. The van der Waals surface area contributed by atoms with Crippen molar-refractivity contribution in [1.29, 1.82) is 0 Å². The summed E-state index contributed by atoms with van der Waals surface area (Å²) in [6.07, 6.45) is -3.04. The zero-order chi connectivity index (χ0) is 13.2. The molecule has 9 heteroatoms. The van der Waals surface area contributed by atoms with E-state index in [1.165, 1.54) is 0 Å². The van der Waals surface area contributed by atoms with Crippen LogP contribution in [0.4, 0.5) is 14.5 Å². The fourth-order valence-corrected chi connectivity index (χ4v) is 1.69. The van der Waals surface area contributed by atoms with Gasteiger partial charge in [0.15, 0.2) is 0 Å². The van der Waals surface area contributed by atoms with Gasteiger partial charge in [-0.05, 0) is 15.9 Å². The molecule has 0 spiro atoms. The van der Waals surface area contributed by atoms with E-state index in [0.717, 1.165) is 6.20 Å². The molecule has 0 saturated heterocycles. The maximum absolute atomic E-state index is 12.7. The maximum Gasteiger partial charge on any atom is 0.309 e. The summed E-state index contributed by atoms with van der Waals surface area (Å²) >= 11 is 2.73. The Morgan fingerprint density at radius 1 is 1.65 bits per heavy atom. The number of carboxylic acid groups (broad SMARTS) is 1. The average Bonchev–Trinajstić information content (AvgIpc) is 2.18. The molecule has 1 aromatic rings. The summed E-state index contributed by atoms with van der Waals surface area (Å²) in [7, 11) is 0. The molecule has 0 radical (unpaired) electrons. The van der Waals surface area contributed by atoms with Gasteiger partial charge in [0.05, 0.1) is 17.0 Å². The maximum atomic E-state index is 12.7. The molecule has 17 heavy (non-hydrogen) atoms. The fraction of sp³-hybridized carbons (Fsp3) is 0.250. The topological polar surface area (TPSA) is 93.3 Å². The predicted molar refractivity (Wildman–Crippen MR) is 54.9 cm³/mol. The van der Waals surface area contributed by atoms with Crippen LogP contribution in [-0.4, -0.2) is 21.0 Å². The summed E-state index contributed by atoms with van der Waals surface area (Å²) in [5.41, 5.74) is -2.33. The van der Waals surface area contributed by atoms with Crippen LogP contribution < -0.4 is 0 Å². The fourth-order valence-electron chi connectivity index (χ4n) is 1.23. The number of carboxylic acids is 1. The normalized spacial score (nSPS) is 10.6. The summed E-state index contributed by atoms with van der Waals surface area (Å²) in [5, 5.41) is 19.2. The van der Waals surface area contributed by atoms with Crippen LogP contribution in [0.1, 0.15) is 17.7 Å². The third-order valence-corrected chi connectivity index (χ3v) is 2.43. The summed E-state index contributed by atoms with van der Waals surface area (Å²) in [6, 6.07) is 0. The minimum atomic E-state index is -3.17. The first-order chi connectivity index (χ1) is 7.84. The number of pyridine rings is 1. The van der Waals surface area contributed by atoms with Gasteiger partial charge in [-0.3, -0.25) is 19.9 Å². The van der Waals surface area contributed by atoms with Crippen molar-refractivity contribution in [2.24, 2.45) is 0 Å². The molecule has 1 aromatic heterocycles. The van der Waals surface area contributed by atoms with Gasteiger partial charge in [0.1, 0.15) is 10.0 Å². The highest BCUT2D eigenvalue weighted by Crippen LogP contribution is 2.36. The van der Waals surface area contributed by atoms with Crippen molar-refractivity contribution in [2.75, 3.05) is 0 Å². The highest BCUT2D eigenvalue weighted by Gasteiger charge is 2.30. The molecule has 1 N–H and O–H groups in total. The second-order valence-electron chi connectivity index (χ2n) is 2.94. The number of alkyl halides is 2. The standard InChI is InChI=1S/C8H5BrF2N2O4/c9-3-2-12-4(1-5(14)15)6(8(10)11)7(3)13(16)17/h2,8H,1H2,(H,14,15). The third kappa shape index (κ3) is 2.93. The Morgan fingerprint density at radius 3 is 2.65 bits per heavy atom. The van der Waals surface area contributed by atoms with Crippen molar-refractivity contribution >= 4 is 27.6 Å². The first kappa shape index (κ1) is 13.4. The van der Waals surface area contributed by atoms with Crippen molar-refractivity contribution in [3.05, 3.63) is 32.0 Å². The Bertz CT molecular complexity index is 481. The number of rotatable bonds is 4. The minimum Gasteiger partial charge on any atom is -0.481 e. The molecule has 0 saturated carbocycles. The largest absolute Gasteiger partial charge is 0.481 e. The van der Waals surface area contributed by atoms with Crippen LogP contribution in [0.3, 0.4) is 0 Å². The lowest BCUT2D eigenvalue weighted by molar-refractivity contribution is -0.387. The lowest BCUT2D eigenvalue weighted by Crippen LogP contribution is -2.09. The lowest BCUT2D eigenvalue weighted by Gasteiger charge is -2.07. The van der Waals surface area contributed by atoms with Crippen molar-refractivity contribution in [2.45, 2.75) is 12.8 Å². The van der Waals surface area contributed by atoms with Gasteiger partial charge < -0.3 is 5.11 Å². The van der Waals surface area contributed by atoms with Crippen molar-refractivity contribution in [1.82, 2.24) is 4.98 Å². The molecular weight excluding hydrogens is 306 g/mol. The van der Waals surface area contributed by atoms with E-state index in [-0.39, 0.29) is 4.47 Å². The Kier molecular flexibility index (Phi) is 4.05. The summed E-state index contributed by atoms with van der Waals surface area (Å²) in [4.78, 5) is 23.6. The van der Waals surface area contributed by atoms with Crippen molar-refractivity contribution < 1.29 is 23.6 Å². The Hall–Kier alpha value is -1.64. The Labute approximate surface area is 102 Å². The number of carbonyl (C=O) groups is 1. The zero-order valence-electron chi connectivity index (χ0n) is 8.06. The van der Waals surface area contributed by atoms with E-state index < -0.39 is 40.7 Å². The van der Waals surface area contributed by atoms with E-state index >= 15 is 0 Å². The quantitative estimate of drug-likeness (QED) is 0.680. The molecule has 0 fully saturated rings. The molecule has 0 unspecified atom stereocenters. The lowest BCUT2D eigenvalue weighted by atomic mass is 10.1. The average molecular weight is 311 g/mol. The molecular formula is C8H5BrF2N2O4. The SMILES string of the molecule is O=C(O)Cc1ncc(Br)c([N+](=O)[O-])c1C(F)F.